The Hall–Kier alpha value is -1.07. The number of hydrogen-bond donors (Lipinski definition) is 0. The van der Waals surface area contributed by atoms with Gasteiger partial charge in [-0.15, -0.1) is 5.10 Å². The van der Waals surface area contributed by atoms with E-state index >= 15 is 0 Å². The molecule has 0 spiro atoms. The minimum absolute atomic E-state index is 0.149. The van der Waals surface area contributed by atoms with Crippen molar-refractivity contribution in [2.75, 3.05) is 0 Å². The summed E-state index contributed by atoms with van der Waals surface area (Å²) < 4.78 is 16.8. The Balaban J connectivity index is 2.12. The summed E-state index contributed by atoms with van der Waals surface area (Å²) in [5.41, 5.74) is 3.29. The van der Waals surface area contributed by atoms with E-state index in [4.69, 9.17) is 0 Å². The molecule has 0 aliphatic rings. The van der Waals surface area contributed by atoms with E-state index in [9.17, 15) is 4.21 Å². The summed E-state index contributed by atoms with van der Waals surface area (Å²) in [5.74, 6) is 0.523. The molecule has 1 aromatic carbocycles. The highest BCUT2D eigenvalue weighted by Crippen LogP contribution is 2.23. The third-order valence-corrected chi connectivity index (χ3v) is 5.64. The van der Waals surface area contributed by atoms with Crippen LogP contribution in [0.2, 0.25) is 0 Å². The van der Waals surface area contributed by atoms with Gasteiger partial charge in [-0.05, 0) is 35.0 Å². The lowest BCUT2D eigenvalue weighted by molar-refractivity contribution is 0.590. The highest BCUT2D eigenvalue weighted by Gasteiger charge is 2.15. The SMILES string of the molecule is Cc1nnsc1[S@](=O)Cc1ccc(C(C)(C)C)cc1. The van der Waals surface area contributed by atoms with Crippen molar-refractivity contribution in [1.82, 2.24) is 9.59 Å². The number of aryl methyl sites for hydroxylation is 1. The fraction of sp³-hybridized carbons (Fsp3) is 0.429. The van der Waals surface area contributed by atoms with Gasteiger partial charge in [-0.1, -0.05) is 49.5 Å². The molecule has 0 fully saturated rings. The Kier molecular flexibility index (Phi) is 4.16. The third-order valence-electron chi connectivity index (χ3n) is 2.93. The molecule has 102 valence electrons. The highest BCUT2D eigenvalue weighted by atomic mass is 32.2. The van der Waals surface area contributed by atoms with Crippen LogP contribution in [0, 0.1) is 6.92 Å². The average molecular weight is 294 g/mol. The lowest BCUT2D eigenvalue weighted by atomic mass is 9.87. The maximum absolute atomic E-state index is 12.2. The van der Waals surface area contributed by atoms with Gasteiger partial charge < -0.3 is 0 Å². The quantitative estimate of drug-likeness (QED) is 0.870. The maximum atomic E-state index is 12.2. The molecule has 0 aliphatic carbocycles. The van der Waals surface area contributed by atoms with Crippen LogP contribution in [0.4, 0.5) is 0 Å². The predicted molar refractivity (Wildman–Crippen MR) is 79.9 cm³/mol. The first-order valence-corrected chi connectivity index (χ1v) is 8.24. The van der Waals surface area contributed by atoms with Crippen LogP contribution in [-0.2, 0) is 22.0 Å². The molecule has 0 N–H and O–H groups in total. The molecule has 2 rings (SSSR count). The number of nitrogens with zero attached hydrogens (tertiary/aromatic N) is 2. The van der Waals surface area contributed by atoms with E-state index in [1.807, 2.05) is 6.92 Å². The molecule has 0 radical (unpaired) electrons. The Morgan fingerprint density at radius 3 is 2.32 bits per heavy atom. The molecule has 0 amide bonds. The van der Waals surface area contributed by atoms with Gasteiger partial charge in [0.05, 0.1) is 22.2 Å². The molecule has 5 heteroatoms. The van der Waals surface area contributed by atoms with Crippen LogP contribution < -0.4 is 0 Å². The van der Waals surface area contributed by atoms with E-state index in [2.05, 4.69) is 54.6 Å². The van der Waals surface area contributed by atoms with E-state index in [1.54, 1.807) is 0 Å². The topological polar surface area (TPSA) is 42.9 Å². The zero-order valence-electron chi connectivity index (χ0n) is 11.6. The van der Waals surface area contributed by atoms with Gasteiger partial charge in [-0.25, -0.2) is 0 Å². The zero-order chi connectivity index (χ0) is 14.0. The molecule has 1 aromatic heterocycles. The Morgan fingerprint density at radius 1 is 1.21 bits per heavy atom. The summed E-state index contributed by atoms with van der Waals surface area (Å²) >= 11 is 1.22. The fourth-order valence-electron chi connectivity index (χ4n) is 1.75. The number of hydrogen-bond acceptors (Lipinski definition) is 4. The first-order chi connectivity index (χ1) is 8.88. The van der Waals surface area contributed by atoms with Crippen molar-refractivity contribution >= 4 is 22.3 Å². The molecule has 1 heterocycles. The first-order valence-electron chi connectivity index (χ1n) is 6.14. The third kappa shape index (κ3) is 3.48. The molecule has 2 aromatic rings. The van der Waals surface area contributed by atoms with Crippen LogP contribution in [0.3, 0.4) is 0 Å². The van der Waals surface area contributed by atoms with Crippen LogP contribution >= 0.6 is 11.5 Å². The second-order valence-electron chi connectivity index (χ2n) is 5.58. The zero-order valence-corrected chi connectivity index (χ0v) is 13.3. The Labute approximate surface area is 120 Å². The molecular formula is C14H18N2OS2. The molecule has 0 unspecified atom stereocenters. The second kappa shape index (κ2) is 5.51. The standard InChI is InChI=1S/C14H18N2OS2/c1-10-13(18-16-15-10)19(17)9-11-5-7-12(8-6-11)14(2,3)4/h5-8H,9H2,1-4H3/t19-/m1/s1. The van der Waals surface area contributed by atoms with Crippen LogP contribution in [0.1, 0.15) is 37.6 Å². The molecular weight excluding hydrogens is 276 g/mol. The minimum Gasteiger partial charge on any atom is -0.253 e. The Morgan fingerprint density at radius 2 is 1.84 bits per heavy atom. The van der Waals surface area contributed by atoms with Crippen molar-refractivity contribution in [3.05, 3.63) is 41.1 Å². The highest BCUT2D eigenvalue weighted by molar-refractivity contribution is 7.86. The molecule has 3 nitrogen and oxygen atoms in total. The van der Waals surface area contributed by atoms with Gasteiger partial charge in [-0.3, -0.25) is 4.21 Å². The van der Waals surface area contributed by atoms with E-state index in [0.29, 0.717) is 5.75 Å². The summed E-state index contributed by atoms with van der Waals surface area (Å²) in [4.78, 5) is 0. The largest absolute Gasteiger partial charge is 0.253 e. The number of rotatable bonds is 3. The number of aromatic nitrogens is 2. The fourth-order valence-corrected chi connectivity index (χ4v) is 3.77. The van der Waals surface area contributed by atoms with Gasteiger partial charge in [-0.2, -0.15) is 0 Å². The molecule has 0 bridgehead atoms. The van der Waals surface area contributed by atoms with Crippen LogP contribution in [0.5, 0.6) is 0 Å². The second-order valence-corrected chi connectivity index (χ2v) is 7.98. The van der Waals surface area contributed by atoms with Crippen molar-refractivity contribution in [3.8, 4) is 0 Å². The van der Waals surface area contributed by atoms with Gasteiger partial charge in [0.2, 0.25) is 0 Å². The van der Waals surface area contributed by atoms with Gasteiger partial charge >= 0.3 is 0 Å². The molecule has 19 heavy (non-hydrogen) atoms. The van der Waals surface area contributed by atoms with E-state index in [1.165, 1.54) is 17.1 Å². The molecule has 1 atom stereocenters. The molecule has 0 saturated carbocycles. The van der Waals surface area contributed by atoms with Crippen molar-refractivity contribution in [2.45, 2.75) is 43.1 Å². The predicted octanol–water partition coefficient (Wildman–Crippen LogP) is 3.45. The van der Waals surface area contributed by atoms with Gasteiger partial charge in [0.15, 0.2) is 0 Å². The van der Waals surface area contributed by atoms with Gasteiger partial charge in [0.1, 0.15) is 4.21 Å². The maximum Gasteiger partial charge on any atom is 0.135 e. The smallest absolute Gasteiger partial charge is 0.135 e. The van der Waals surface area contributed by atoms with Crippen LogP contribution in [0.15, 0.2) is 28.5 Å². The van der Waals surface area contributed by atoms with Crippen LogP contribution in [0.25, 0.3) is 0 Å². The average Bonchev–Trinajstić information content (AvgIpc) is 2.75. The van der Waals surface area contributed by atoms with Crippen LogP contribution in [-0.4, -0.2) is 13.8 Å². The monoisotopic (exact) mass is 294 g/mol. The van der Waals surface area contributed by atoms with E-state index in [-0.39, 0.29) is 5.41 Å². The molecule has 0 aliphatic heterocycles. The lowest BCUT2D eigenvalue weighted by Gasteiger charge is -2.19. The van der Waals surface area contributed by atoms with Crippen molar-refractivity contribution in [2.24, 2.45) is 0 Å². The first kappa shape index (κ1) is 14.3. The van der Waals surface area contributed by atoms with Gasteiger partial charge in [0.25, 0.3) is 0 Å². The Bertz CT molecular complexity index is 582. The summed E-state index contributed by atoms with van der Waals surface area (Å²) in [6.45, 7) is 8.41. The minimum atomic E-state index is -1.05. The summed E-state index contributed by atoms with van der Waals surface area (Å²) in [7, 11) is -1.05. The van der Waals surface area contributed by atoms with E-state index in [0.717, 1.165) is 15.5 Å². The number of benzene rings is 1. The van der Waals surface area contributed by atoms with E-state index < -0.39 is 10.8 Å². The van der Waals surface area contributed by atoms with Crippen molar-refractivity contribution < 1.29 is 4.21 Å². The summed E-state index contributed by atoms with van der Waals surface area (Å²) in [5, 5.41) is 3.90. The van der Waals surface area contributed by atoms with Crippen molar-refractivity contribution in [1.29, 1.82) is 0 Å². The molecule has 0 saturated heterocycles. The van der Waals surface area contributed by atoms with Gasteiger partial charge in [0, 0.05) is 0 Å². The summed E-state index contributed by atoms with van der Waals surface area (Å²) in [6.07, 6.45) is 0. The normalized spacial score (nSPS) is 13.5. The van der Waals surface area contributed by atoms with Crippen molar-refractivity contribution in [3.63, 3.8) is 0 Å². The lowest BCUT2D eigenvalue weighted by Crippen LogP contribution is -2.10. The summed E-state index contributed by atoms with van der Waals surface area (Å²) in [6, 6.07) is 8.35.